The Hall–Kier alpha value is -0.570. The molecule has 2 fully saturated rings. The zero-order valence-electron chi connectivity index (χ0n) is 8.08. The second kappa shape index (κ2) is 3.66. The molecule has 3 nitrogen and oxygen atoms in total. The van der Waals surface area contributed by atoms with E-state index in [1.165, 1.54) is 12.8 Å². The van der Waals surface area contributed by atoms with Crippen molar-refractivity contribution in [1.82, 2.24) is 5.32 Å². The van der Waals surface area contributed by atoms with Gasteiger partial charge in [-0.1, -0.05) is 0 Å². The molecule has 2 unspecified atom stereocenters. The summed E-state index contributed by atoms with van der Waals surface area (Å²) in [7, 11) is 0. The lowest BCUT2D eigenvalue weighted by Gasteiger charge is -2.28. The van der Waals surface area contributed by atoms with E-state index in [4.69, 9.17) is 4.74 Å². The molecule has 0 radical (unpaired) electrons. The van der Waals surface area contributed by atoms with Crippen molar-refractivity contribution in [3.8, 4) is 0 Å². The standard InChI is InChI=1S/C10H17NO2/c1-2-13-10(12)9-7-3-4-8(9)6-11-5-7/h7-9,11H,2-6H2,1H3. The molecule has 2 rings (SSSR count). The van der Waals surface area contributed by atoms with Gasteiger partial charge in [-0.2, -0.15) is 0 Å². The first-order valence-electron chi connectivity index (χ1n) is 5.20. The predicted molar refractivity (Wildman–Crippen MR) is 49.2 cm³/mol. The summed E-state index contributed by atoms with van der Waals surface area (Å²) in [5.74, 6) is 1.31. The van der Waals surface area contributed by atoms with Crippen LogP contribution in [0.2, 0.25) is 0 Å². The number of esters is 1. The molecule has 1 heterocycles. The molecule has 0 aromatic heterocycles. The molecular weight excluding hydrogens is 166 g/mol. The van der Waals surface area contributed by atoms with E-state index in [9.17, 15) is 4.79 Å². The van der Waals surface area contributed by atoms with Gasteiger partial charge < -0.3 is 10.1 Å². The highest BCUT2D eigenvalue weighted by molar-refractivity contribution is 5.73. The van der Waals surface area contributed by atoms with Gasteiger partial charge in [0.2, 0.25) is 0 Å². The van der Waals surface area contributed by atoms with E-state index >= 15 is 0 Å². The molecule has 1 aliphatic carbocycles. The average molecular weight is 183 g/mol. The predicted octanol–water partition coefficient (Wildman–Crippen LogP) is 0.795. The molecule has 2 aliphatic rings. The highest BCUT2D eigenvalue weighted by Gasteiger charge is 2.43. The van der Waals surface area contributed by atoms with Crippen molar-refractivity contribution in [2.75, 3.05) is 19.7 Å². The van der Waals surface area contributed by atoms with Crippen molar-refractivity contribution >= 4 is 5.97 Å². The molecule has 0 amide bonds. The maximum Gasteiger partial charge on any atom is 0.309 e. The van der Waals surface area contributed by atoms with Crippen LogP contribution in [0.1, 0.15) is 19.8 Å². The Morgan fingerprint density at radius 3 is 2.54 bits per heavy atom. The van der Waals surface area contributed by atoms with Gasteiger partial charge in [0.1, 0.15) is 0 Å². The minimum atomic E-state index is 0.0384. The molecule has 1 saturated carbocycles. The average Bonchev–Trinajstić information content (AvgIpc) is 2.37. The number of ether oxygens (including phenoxy) is 1. The quantitative estimate of drug-likeness (QED) is 0.643. The lowest BCUT2D eigenvalue weighted by atomic mass is 9.86. The van der Waals surface area contributed by atoms with Crippen LogP contribution in [0, 0.1) is 17.8 Å². The number of rotatable bonds is 2. The fraction of sp³-hybridized carbons (Fsp3) is 0.900. The molecule has 0 aromatic carbocycles. The zero-order chi connectivity index (χ0) is 9.26. The van der Waals surface area contributed by atoms with Gasteiger partial charge in [-0.25, -0.2) is 0 Å². The normalized spacial score (nSPS) is 37.5. The van der Waals surface area contributed by atoms with Gasteiger partial charge in [0.05, 0.1) is 12.5 Å². The minimum Gasteiger partial charge on any atom is -0.466 e. The summed E-state index contributed by atoms with van der Waals surface area (Å²) >= 11 is 0. The molecule has 2 atom stereocenters. The summed E-state index contributed by atoms with van der Waals surface area (Å²) in [4.78, 5) is 11.6. The van der Waals surface area contributed by atoms with E-state index in [-0.39, 0.29) is 11.9 Å². The summed E-state index contributed by atoms with van der Waals surface area (Å²) in [6.07, 6.45) is 2.39. The third-order valence-electron chi connectivity index (χ3n) is 3.30. The van der Waals surface area contributed by atoms with Crippen LogP contribution in [0.5, 0.6) is 0 Å². The molecule has 2 bridgehead atoms. The SMILES string of the molecule is CCOC(=O)C1C2CCC1CNC2. The highest BCUT2D eigenvalue weighted by Crippen LogP contribution is 2.39. The van der Waals surface area contributed by atoms with Crippen molar-refractivity contribution in [2.45, 2.75) is 19.8 Å². The summed E-state index contributed by atoms with van der Waals surface area (Å²) < 4.78 is 5.10. The van der Waals surface area contributed by atoms with Gasteiger partial charge in [0, 0.05) is 0 Å². The van der Waals surface area contributed by atoms with E-state index in [2.05, 4.69) is 5.32 Å². The molecule has 1 aliphatic heterocycles. The number of carbonyl (C=O) groups excluding carboxylic acids is 1. The first kappa shape index (κ1) is 9.00. The largest absolute Gasteiger partial charge is 0.466 e. The van der Waals surface area contributed by atoms with Crippen LogP contribution >= 0.6 is 0 Å². The molecule has 3 heteroatoms. The van der Waals surface area contributed by atoms with Gasteiger partial charge in [0.25, 0.3) is 0 Å². The highest BCUT2D eigenvalue weighted by atomic mass is 16.5. The van der Waals surface area contributed by atoms with Crippen LogP contribution in [-0.4, -0.2) is 25.7 Å². The minimum absolute atomic E-state index is 0.0384. The lowest BCUT2D eigenvalue weighted by molar-refractivity contribution is -0.151. The Balaban J connectivity index is 2.02. The fourth-order valence-electron chi connectivity index (χ4n) is 2.71. The molecular formula is C10H17NO2. The molecule has 13 heavy (non-hydrogen) atoms. The van der Waals surface area contributed by atoms with Gasteiger partial charge in [-0.15, -0.1) is 0 Å². The third-order valence-corrected chi connectivity index (χ3v) is 3.30. The van der Waals surface area contributed by atoms with Crippen molar-refractivity contribution in [3.63, 3.8) is 0 Å². The van der Waals surface area contributed by atoms with E-state index in [0.717, 1.165) is 13.1 Å². The van der Waals surface area contributed by atoms with Crippen molar-refractivity contribution in [3.05, 3.63) is 0 Å². The van der Waals surface area contributed by atoms with Crippen molar-refractivity contribution in [2.24, 2.45) is 17.8 Å². The van der Waals surface area contributed by atoms with Crippen LogP contribution in [-0.2, 0) is 9.53 Å². The van der Waals surface area contributed by atoms with Crippen LogP contribution in [0.15, 0.2) is 0 Å². The Kier molecular flexibility index (Phi) is 2.54. The number of hydrogen-bond donors (Lipinski definition) is 1. The maximum atomic E-state index is 11.6. The van der Waals surface area contributed by atoms with Crippen LogP contribution in [0.25, 0.3) is 0 Å². The second-order valence-corrected chi connectivity index (χ2v) is 4.03. The maximum absolute atomic E-state index is 11.6. The number of hydrogen-bond acceptors (Lipinski definition) is 3. The van der Waals surface area contributed by atoms with Crippen molar-refractivity contribution < 1.29 is 9.53 Å². The van der Waals surface area contributed by atoms with Gasteiger partial charge in [-0.3, -0.25) is 4.79 Å². The van der Waals surface area contributed by atoms with E-state index in [1.54, 1.807) is 0 Å². The summed E-state index contributed by atoms with van der Waals surface area (Å²) in [6, 6.07) is 0. The molecule has 74 valence electrons. The van der Waals surface area contributed by atoms with Crippen LogP contribution < -0.4 is 5.32 Å². The molecule has 0 aromatic rings. The first-order chi connectivity index (χ1) is 6.33. The van der Waals surface area contributed by atoms with Crippen LogP contribution in [0.3, 0.4) is 0 Å². The number of fused-ring (bicyclic) bond motifs is 2. The van der Waals surface area contributed by atoms with Crippen LogP contribution in [0.4, 0.5) is 0 Å². The summed E-state index contributed by atoms with van der Waals surface area (Å²) in [6.45, 7) is 4.39. The van der Waals surface area contributed by atoms with E-state index in [0.29, 0.717) is 18.4 Å². The van der Waals surface area contributed by atoms with Gasteiger partial charge in [-0.05, 0) is 44.7 Å². The monoisotopic (exact) mass is 183 g/mol. The smallest absolute Gasteiger partial charge is 0.309 e. The lowest BCUT2D eigenvalue weighted by Crippen LogP contribution is -2.42. The Morgan fingerprint density at radius 1 is 1.38 bits per heavy atom. The molecule has 1 saturated heterocycles. The summed E-state index contributed by atoms with van der Waals surface area (Å²) in [5.41, 5.74) is 0. The number of piperidine rings is 1. The topological polar surface area (TPSA) is 38.3 Å². The molecule has 1 N–H and O–H groups in total. The Bertz CT molecular complexity index is 189. The summed E-state index contributed by atoms with van der Waals surface area (Å²) in [5, 5.41) is 3.37. The van der Waals surface area contributed by atoms with E-state index in [1.807, 2.05) is 6.92 Å². The number of carbonyl (C=O) groups is 1. The third kappa shape index (κ3) is 1.57. The Morgan fingerprint density at radius 2 is 2.00 bits per heavy atom. The van der Waals surface area contributed by atoms with Gasteiger partial charge >= 0.3 is 5.97 Å². The first-order valence-corrected chi connectivity index (χ1v) is 5.20. The molecule has 0 spiro atoms. The second-order valence-electron chi connectivity index (χ2n) is 4.03. The fourth-order valence-corrected chi connectivity index (χ4v) is 2.71. The van der Waals surface area contributed by atoms with Gasteiger partial charge in [0.15, 0.2) is 0 Å². The van der Waals surface area contributed by atoms with E-state index < -0.39 is 0 Å². The Labute approximate surface area is 78.8 Å². The zero-order valence-corrected chi connectivity index (χ0v) is 8.08. The van der Waals surface area contributed by atoms with Crippen molar-refractivity contribution in [1.29, 1.82) is 0 Å². The number of nitrogens with one attached hydrogen (secondary N) is 1.